The minimum Gasteiger partial charge on any atom is -0.496 e. The highest BCUT2D eigenvalue weighted by molar-refractivity contribution is 5.76. The van der Waals surface area contributed by atoms with Crippen molar-refractivity contribution in [2.75, 3.05) is 20.3 Å². The number of hydrogen-bond donors (Lipinski definition) is 1. The molecular weight excluding hydrogens is 314 g/mol. The Morgan fingerprint density at radius 2 is 1.80 bits per heavy atom. The summed E-state index contributed by atoms with van der Waals surface area (Å²) < 4.78 is 11.1. The van der Waals surface area contributed by atoms with Crippen molar-refractivity contribution in [3.63, 3.8) is 0 Å². The van der Waals surface area contributed by atoms with Gasteiger partial charge >= 0.3 is 0 Å². The average molecular weight is 339 g/mol. The lowest BCUT2D eigenvalue weighted by atomic mass is 9.95. The first-order valence-corrected chi connectivity index (χ1v) is 8.82. The maximum Gasteiger partial charge on any atom is 0.220 e. The predicted molar refractivity (Wildman–Crippen MR) is 98.1 cm³/mol. The van der Waals surface area contributed by atoms with E-state index >= 15 is 0 Å². The molecule has 1 aliphatic rings. The molecule has 1 aliphatic carbocycles. The number of carbonyl (C=O) groups is 1. The van der Waals surface area contributed by atoms with Crippen molar-refractivity contribution in [2.24, 2.45) is 0 Å². The second kappa shape index (κ2) is 8.06. The highest BCUT2D eigenvalue weighted by Gasteiger charge is 2.46. The van der Waals surface area contributed by atoms with Crippen molar-refractivity contribution in [3.05, 3.63) is 60.2 Å². The number of amides is 1. The van der Waals surface area contributed by atoms with Gasteiger partial charge in [-0.3, -0.25) is 4.79 Å². The standard InChI is InChI=1S/C21H25NO3/c1-24-19-11-6-5-10-18(19)21(13-14-21)16-22-20(23)12-7-15-25-17-8-3-2-4-9-17/h2-6,8-11H,7,12-16H2,1H3,(H,22,23). The molecule has 0 spiro atoms. The minimum absolute atomic E-state index is 0.0444. The van der Waals surface area contributed by atoms with Gasteiger partial charge in [0.05, 0.1) is 13.7 Å². The van der Waals surface area contributed by atoms with Crippen LogP contribution < -0.4 is 14.8 Å². The van der Waals surface area contributed by atoms with E-state index in [9.17, 15) is 4.79 Å². The summed E-state index contributed by atoms with van der Waals surface area (Å²) in [5.74, 6) is 1.83. The van der Waals surface area contributed by atoms with Gasteiger partial charge in [0.25, 0.3) is 0 Å². The summed E-state index contributed by atoms with van der Waals surface area (Å²) in [5.41, 5.74) is 1.24. The molecule has 0 bridgehead atoms. The smallest absolute Gasteiger partial charge is 0.220 e. The quantitative estimate of drug-likeness (QED) is 0.709. The zero-order valence-electron chi connectivity index (χ0n) is 14.7. The van der Waals surface area contributed by atoms with Gasteiger partial charge in [0.2, 0.25) is 5.91 Å². The Balaban J connectivity index is 1.41. The lowest BCUT2D eigenvalue weighted by Gasteiger charge is -2.19. The summed E-state index contributed by atoms with van der Waals surface area (Å²) in [4.78, 5) is 12.1. The van der Waals surface area contributed by atoms with Crippen molar-refractivity contribution >= 4 is 5.91 Å². The van der Waals surface area contributed by atoms with Crippen LogP contribution in [0.3, 0.4) is 0 Å². The van der Waals surface area contributed by atoms with Crippen LogP contribution in [0.5, 0.6) is 11.5 Å². The number of nitrogens with one attached hydrogen (secondary N) is 1. The van der Waals surface area contributed by atoms with Crippen LogP contribution in [0, 0.1) is 0 Å². The number of methoxy groups -OCH3 is 1. The maximum absolute atomic E-state index is 12.1. The minimum atomic E-state index is 0.0444. The summed E-state index contributed by atoms with van der Waals surface area (Å²) >= 11 is 0. The molecule has 2 aromatic carbocycles. The second-order valence-corrected chi connectivity index (χ2v) is 6.52. The third-order valence-corrected chi connectivity index (χ3v) is 4.72. The number of carbonyl (C=O) groups excluding carboxylic acids is 1. The molecule has 4 nitrogen and oxygen atoms in total. The van der Waals surface area contributed by atoms with Gasteiger partial charge in [-0.05, 0) is 37.5 Å². The Bertz CT molecular complexity index is 695. The molecule has 3 rings (SSSR count). The molecule has 0 atom stereocenters. The number of rotatable bonds is 9. The summed E-state index contributed by atoms with van der Waals surface area (Å²) in [6.45, 7) is 1.22. The molecule has 4 heteroatoms. The lowest BCUT2D eigenvalue weighted by Crippen LogP contribution is -2.32. The Morgan fingerprint density at radius 1 is 1.08 bits per heavy atom. The van der Waals surface area contributed by atoms with E-state index in [4.69, 9.17) is 9.47 Å². The molecule has 1 fully saturated rings. The van der Waals surface area contributed by atoms with Gasteiger partial charge in [-0.25, -0.2) is 0 Å². The second-order valence-electron chi connectivity index (χ2n) is 6.52. The lowest BCUT2D eigenvalue weighted by molar-refractivity contribution is -0.121. The summed E-state index contributed by atoms with van der Waals surface area (Å²) in [5, 5.41) is 3.08. The Labute approximate surface area is 149 Å². The van der Waals surface area contributed by atoms with E-state index < -0.39 is 0 Å². The van der Waals surface area contributed by atoms with Crippen molar-refractivity contribution in [1.29, 1.82) is 0 Å². The summed E-state index contributed by atoms with van der Waals surface area (Å²) in [6.07, 6.45) is 3.37. The van der Waals surface area contributed by atoms with Crippen molar-refractivity contribution < 1.29 is 14.3 Å². The molecule has 25 heavy (non-hydrogen) atoms. The SMILES string of the molecule is COc1ccccc1C1(CNC(=O)CCCOc2ccccc2)CC1. The van der Waals surface area contributed by atoms with Crippen molar-refractivity contribution in [1.82, 2.24) is 5.32 Å². The fourth-order valence-corrected chi connectivity index (χ4v) is 3.07. The fourth-order valence-electron chi connectivity index (χ4n) is 3.07. The van der Waals surface area contributed by atoms with Crippen LogP contribution in [-0.2, 0) is 10.2 Å². The van der Waals surface area contributed by atoms with E-state index in [2.05, 4.69) is 11.4 Å². The molecule has 0 unspecified atom stereocenters. The first kappa shape index (κ1) is 17.3. The molecule has 0 radical (unpaired) electrons. The molecule has 2 aromatic rings. The van der Waals surface area contributed by atoms with Crippen LogP contribution in [0.1, 0.15) is 31.2 Å². The third kappa shape index (κ3) is 4.53. The van der Waals surface area contributed by atoms with Gasteiger partial charge in [0.1, 0.15) is 11.5 Å². The zero-order chi connectivity index (χ0) is 17.5. The van der Waals surface area contributed by atoms with Gasteiger partial charge in [-0.2, -0.15) is 0 Å². The molecule has 1 saturated carbocycles. The molecular formula is C21H25NO3. The monoisotopic (exact) mass is 339 g/mol. The number of para-hydroxylation sites is 2. The van der Waals surface area contributed by atoms with Gasteiger partial charge in [0.15, 0.2) is 0 Å². The van der Waals surface area contributed by atoms with E-state index in [1.807, 2.05) is 48.5 Å². The molecule has 1 amide bonds. The van der Waals surface area contributed by atoms with E-state index in [-0.39, 0.29) is 11.3 Å². The third-order valence-electron chi connectivity index (χ3n) is 4.72. The maximum atomic E-state index is 12.1. The van der Waals surface area contributed by atoms with Crippen molar-refractivity contribution in [3.8, 4) is 11.5 Å². The molecule has 0 heterocycles. The Hall–Kier alpha value is -2.49. The van der Waals surface area contributed by atoms with Crippen molar-refractivity contribution in [2.45, 2.75) is 31.1 Å². The van der Waals surface area contributed by atoms with Crippen LogP contribution in [-0.4, -0.2) is 26.2 Å². The number of benzene rings is 2. The van der Waals surface area contributed by atoms with Gasteiger partial charge in [-0.15, -0.1) is 0 Å². The van der Waals surface area contributed by atoms with Gasteiger partial charge in [0, 0.05) is 23.9 Å². The molecule has 1 N–H and O–H groups in total. The van der Waals surface area contributed by atoms with Gasteiger partial charge < -0.3 is 14.8 Å². The van der Waals surface area contributed by atoms with E-state index in [0.717, 1.165) is 24.3 Å². The molecule has 0 aromatic heterocycles. The van der Waals surface area contributed by atoms with E-state index in [1.165, 1.54) is 5.56 Å². The Morgan fingerprint density at radius 3 is 2.52 bits per heavy atom. The zero-order valence-corrected chi connectivity index (χ0v) is 14.7. The topological polar surface area (TPSA) is 47.6 Å². The van der Waals surface area contributed by atoms with Crippen LogP contribution in [0.15, 0.2) is 54.6 Å². The fraction of sp³-hybridized carbons (Fsp3) is 0.381. The van der Waals surface area contributed by atoms with E-state index in [1.54, 1.807) is 7.11 Å². The Kier molecular flexibility index (Phi) is 5.59. The normalized spacial score (nSPS) is 14.6. The summed E-state index contributed by atoms with van der Waals surface area (Å²) in [6, 6.07) is 17.8. The van der Waals surface area contributed by atoms with Crippen LogP contribution >= 0.6 is 0 Å². The molecule has 132 valence electrons. The van der Waals surface area contributed by atoms with E-state index in [0.29, 0.717) is 26.0 Å². The summed E-state index contributed by atoms with van der Waals surface area (Å²) in [7, 11) is 1.69. The van der Waals surface area contributed by atoms with Crippen LogP contribution in [0.2, 0.25) is 0 Å². The van der Waals surface area contributed by atoms with Crippen LogP contribution in [0.4, 0.5) is 0 Å². The molecule has 0 saturated heterocycles. The first-order valence-electron chi connectivity index (χ1n) is 8.82. The number of hydrogen-bond acceptors (Lipinski definition) is 3. The molecule has 0 aliphatic heterocycles. The van der Waals surface area contributed by atoms with Crippen LogP contribution in [0.25, 0.3) is 0 Å². The number of ether oxygens (including phenoxy) is 2. The predicted octanol–water partition coefficient (Wildman–Crippen LogP) is 3.70. The first-order chi connectivity index (χ1) is 12.2. The average Bonchev–Trinajstić information content (AvgIpc) is 3.45. The largest absolute Gasteiger partial charge is 0.496 e. The highest BCUT2D eigenvalue weighted by atomic mass is 16.5. The van der Waals surface area contributed by atoms with Gasteiger partial charge in [-0.1, -0.05) is 36.4 Å². The highest BCUT2D eigenvalue weighted by Crippen LogP contribution is 2.50.